The third-order valence-electron chi connectivity index (χ3n) is 2.30. The second kappa shape index (κ2) is 5.11. The molecule has 0 fully saturated rings. The first kappa shape index (κ1) is 11.2. The van der Waals surface area contributed by atoms with Crippen LogP contribution in [-0.4, -0.2) is 10.8 Å². The van der Waals surface area contributed by atoms with E-state index < -0.39 is 0 Å². The maximum atomic E-state index is 11.7. The van der Waals surface area contributed by atoms with Crippen LogP contribution >= 0.6 is 11.6 Å². The van der Waals surface area contributed by atoms with E-state index in [-0.39, 0.29) is 5.78 Å². The first-order valence-corrected chi connectivity index (χ1v) is 5.15. The zero-order valence-electron chi connectivity index (χ0n) is 8.46. The van der Waals surface area contributed by atoms with Gasteiger partial charge in [-0.05, 0) is 12.0 Å². The molecule has 2 nitrogen and oxygen atoms in total. The van der Waals surface area contributed by atoms with Gasteiger partial charge in [-0.1, -0.05) is 31.9 Å². The molecule has 1 rings (SSSR count). The quantitative estimate of drug-likeness (QED) is 0.715. The third kappa shape index (κ3) is 2.81. The van der Waals surface area contributed by atoms with Gasteiger partial charge in [0.25, 0.3) is 0 Å². The Morgan fingerprint density at radius 3 is 2.93 bits per heavy atom. The summed E-state index contributed by atoms with van der Waals surface area (Å²) in [5, 5.41) is 0.445. The Bertz CT molecular complexity index is 325. The van der Waals surface area contributed by atoms with Crippen LogP contribution in [0.3, 0.4) is 0 Å². The highest BCUT2D eigenvalue weighted by Gasteiger charge is 2.12. The molecule has 0 spiro atoms. The Labute approximate surface area is 89.3 Å². The van der Waals surface area contributed by atoms with Gasteiger partial charge in [0.2, 0.25) is 0 Å². The number of ketones is 1. The molecular formula is C11H14ClNO. The molecule has 3 heteroatoms. The summed E-state index contributed by atoms with van der Waals surface area (Å²) in [4.78, 5) is 15.6. The minimum absolute atomic E-state index is 0.103. The summed E-state index contributed by atoms with van der Waals surface area (Å²) in [7, 11) is 0. The van der Waals surface area contributed by atoms with E-state index in [1.807, 2.05) is 0 Å². The van der Waals surface area contributed by atoms with Crippen molar-refractivity contribution in [1.29, 1.82) is 0 Å². The average Bonchev–Trinajstić information content (AvgIpc) is 2.18. The molecule has 0 saturated heterocycles. The van der Waals surface area contributed by atoms with E-state index in [2.05, 4.69) is 18.8 Å². The predicted octanol–water partition coefficient (Wildman–Crippen LogP) is 3.35. The van der Waals surface area contributed by atoms with Crippen LogP contribution in [0.1, 0.15) is 37.0 Å². The normalized spacial score (nSPS) is 12.5. The maximum Gasteiger partial charge on any atom is 0.164 e. The largest absolute Gasteiger partial charge is 0.294 e. The van der Waals surface area contributed by atoms with Crippen molar-refractivity contribution in [3.05, 3.63) is 29.0 Å². The van der Waals surface area contributed by atoms with Gasteiger partial charge in [0, 0.05) is 24.4 Å². The predicted molar refractivity (Wildman–Crippen MR) is 57.6 cm³/mol. The average molecular weight is 212 g/mol. The number of carbonyl (C=O) groups is 1. The van der Waals surface area contributed by atoms with Gasteiger partial charge in [0.05, 0.1) is 5.02 Å². The minimum atomic E-state index is 0.103. The molecule has 0 saturated carbocycles. The maximum absolute atomic E-state index is 11.7. The lowest BCUT2D eigenvalue weighted by Gasteiger charge is -2.07. The molecule has 0 bridgehead atoms. The van der Waals surface area contributed by atoms with Gasteiger partial charge in [0.15, 0.2) is 5.78 Å². The highest BCUT2D eigenvalue weighted by atomic mass is 35.5. The van der Waals surface area contributed by atoms with Crippen LogP contribution in [0.2, 0.25) is 5.02 Å². The molecular weight excluding hydrogens is 198 g/mol. The highest BCUT2D eigenvalue weighted by Crippen LogP contribution is 2.18. The highest BCUT2D eigenvalue weighted by molar-refractivity contribution is 6.33. The first-order valence-electron chi connectivity index (χ1n) is 4.77. The van der Waals surface area contributed by atoms with Gasteiger partial charge in [-0.15, -0.1) is 0 Å². The van der Waals surface area contributed by atoms with E-state index in [1.54, 1.807) is 12.3 Å². The lowest BCUT2D eigenvalue weighted by Crippen LogP contribution is -2.06. The summed E-state index contributed by atoms with van der Waals surface area (Å²) in [6, 6.07) is 1.67. The molecule has 0 N–H and O–H groups in total. The smallest absolute Gasteiger partial charge is 0.164 e. The molecule has 0 aliphatic heterocycles. The van der Waals surface area contributed by atoms with Crippen LogP contribution in [0.4, 0.5) is 0 Å². The Morgan fingerprint density at radius 1 is 1.64 bits per heavy atom. The van der Waals surface area contributed by atoms with Gasteiger partial charge in [0.1, 0.15) is 0 Å². The monoisotopic (exact) mass is 211 g/mol. The van der Waals surface area contributed by atoms with Crippen molar-refractivity contribution in [2.24, 2.45) is 5.92 Å². The van der Waals surface area contributed by atoms with Crippen molar-refractivity contribution in [3.63, 3.8) is 0 Å². The molecule has 0 radical (unpaired) electrons. The molecule has 1 atom stereocenters. The third-order valence-corrected chi connectivity index (χ3v) is 2.60. The summed E-state index contributed by atoms with van der Waals surface area (Å²) in [5.41, 5.74) is 0.585. The Morgan fingerprint density at radius 2 is 2.36 bits per heavy atom. The van der Waals surface area contributed by atoms with Gasteiger partial charge in [-0.3, -0.25) is 9.78 Å². The van der Waals surface area contributed by atoms with E-state index in [9.17, 15) is 4.79 Å². The van der Waals surface area contributed by atoms with Crippen molar-refractivity contribution in [2.45, 2.75) is 26.7 Å². The summed E-state index contributed by atoms with van der Waals surface area (Å²) in [6.45, 7) is 4.14. The number of nitrogens with zero attached hydrogens (tertiary/aromatic N) is 1. The van der Waals surface area contributed by atoms with E-state index in [0.717, 1.165) is 6.42 Å². The summed E-state index contributed by atoms with van der Waals surface area (Å²) in [5.74, 6) is 0.512. The van der Waals surface area contributed by atoms with Crippen LogP contribution in [0.25, 0.3) is 0 Å². The molecule has 76 valence electrons. The van der Waals surface area contributed by atoms with Gasteiger partial charge < -0.3 is 0 Å². The Balaban J connectivity index is 2.75. The second-order valence-electron chi connectivity index (χ2n) is 3.50. The molecule has 14 heavy (non-hydrogen) atoms. The lowest BCUT2D eigenvalue weighted by atomic mass is 9.98. The zero-order chi connectivity index (χ0) is 10.6. The summed E-state index contributed by atoms with van der Waals surface area (Å²) in [6.07, 6.45) is 4.66. The van der Waals surface area contributed by atoms with E-state index >= 15 is 0 Å². The van der Waals surface area contributed by atoms with Crippen molar-refractivity contribution >= 4 is 17.4 Å². The van der Waals surface area contributed by atoms with Crippen molar-refractivity contribution < 1.29 is 4.79 Å². The molecule has 1 heterocycles. The first-order chi connectivity index (χ1) is 6.65. The van der Waals surface area contributed by atoms with Crippen LogP contribution in [0, 0.1) is 5.92 Å². The Hall–Kier alpha value is -0.890. The number of hydrogen-bond donors (Lipinski definition) is 0. The molecule has 1 aromatic heterocycles. The Kier molecular flexibility index (Phi) is 4.08. The van der Waals surface area contributed by atoms with Crippen molar-refractivity contribution in [3.8, 4) is 0 Å². The molecule has 0 aliphatic carbocycles. The molecule has 0 aliphatic rings. The standard InChI is InChI=1S/C11H14ClNO/c1-3-8(2)6-11(14)9-4-5-13-7-10(9)12/h4-5,7-8H,3,6H2,1-2H3/t8-/m0/s1. The molecule has 0 aromatic carbocycles. The number of aromatic nitrogens is 1. The van der Waals surface area contributed by atoms with E-state index in [4.69, 9.17) is 11.6 Å². The molecule has 1 aromatic rings. The van der Waals surface area contributed by atoms with E-state index in [0.29, 0.717) is 22.9 Å². The summed E-state index contributed by atoms with van der Waals surface area (Å²) >= 11 is 5.86. The number of Topliss-reactive ketones (excluding diaryl/α,β-unsaturated/α-hetero) is 1. The van der Waals surface area contributed by atoms with Crippen molar-refractivity contribution in [1.82, 2.24) is 4.98 Å². The summed E-state index contributed by atoms with van der Waals surface area (Å²) < 4.78 is 0. The van der Waals surface area contributed by atoms with Crippen LogP contribution < -0.4 is 0 Å². The number of hydrogen-bond acceptors (Lipinski definition) is 2. The molecule has 0 unspecified atom stereocenters. The van der Waals surface area contributed by atoms with Crippen LogP contribution in [0.5, 0.6) is 0 Å². The SMILES string of the molecule is CC[C@H](C)CC(=O)c1ccncc1Cl. The lowest BCUT2D eigenvalue weighted by molar-refractivity contribution is 0.0963. The topological polar surface area (TPSA) is 30.0 Å². The van der Waals surface area contributed by atoms with Crippen LogP contribution in [0.15, 0.2) is 18.5 Å². The minimum Gasteiger partial charge on any atom is -0.294 e. The number of rotatable bonds is 4. The molecule has 0 amide bonds. The number of pyridine rings is 1. The number of carbonyl (C=O) groups excluding carboxylic acids is 1. The fourth-order valence-electron chi connectivity index (χ4n) is 1.17. The fourth-order valence-corrected chi connectivity index (χ4v) is 1.40. The fraction of sp³-hybridized carbons (Fsp3) is 0.455. The van der Waals surface area contributed by atoms with Crippen molar-refractivity contribution in [2.75, 3.05) is 0 Å². The van der Waals surface area contributed by atoms with Gasteiger partial charge >= 0.3 is 0 Å². The second-order valence-corrected chi connectivity index (χ2v) is 3.90. The zero-order valence-corrected chi connectivity index (χ0v) is 9.21. The van der Waals surface area contributed by atoms with E-state index in [1.165, 1.54) is 6.20 Å². The number of halogens is 1. The van der Waals surface area contributed by atoms with Gasteiger partial charge in [-0.25, -0.2) is 0 Å². The van der Waals surface area contributed by atoms with Gasteiger partial charge in [-0.2, -0.15) is 0 Å². The van der Waals surface area contributed by atoms with Crippen LogP contribution in [-0.2, 0) is 0 Å².